The summed E-state index contributed by atoms with van der Waals surface area (Å²) in [6.45, 7) is 1.32. The molecule has 1 aliphatic heterocycles. The van der Waals surface area contributed by atoms with Crippen LogP contribution in [0.15, 0.2) is 53.3 Å². The number of hydrogen-bond acceptors (Lipinski definition) is 4. The molecule has 0 unspecified atom stereocenters. The van der Waals surface area contributed by atoms with Crippen molar-refractivity contribution in [2.45, 2.75) is 18.9 Å². The number of nitrogens with zero attached hydrogens (tertiary/aromatic N) is 1. The van der Waals surface area contributed by atoms with Crippen molar-refractivity contribution in [1.29, 1.82) is 0 Å². The van der Waals surface area contributed by atoms with Crippen LogP contribution in [0, 0.1) is 4.77 Å². The Labute approximate surface area is 149 Å². The summed E-state index contributed by atoms with van der Waals surface area (Å²) in [6.07, 6.45) is 2.25. The smallest absolute Gasteiger partial charge is 0.266 e. The highest BCUT2D eigenvalue weighted by atomic mass is 32.1. The van der Waals surface area contributed by atoms with Gasteiger partial charge >= 0.3 is 0 Å². The quantitative estimate of drug-likeness (QED) is 0.727. The van der Waals surface area contributed by atoms with Gasteiger partial charge in [0.15, 0.2) is 4.77 Å². The Morgan fingerprint density at radius 3 is 2.96 bits per heavy atom. The van der Waals surface area contributed by atoms with Crippen LogP contribution in [-0.4, -0.2) is 28.9 Å². The van der Waals surface area contributed by atoms with Crippen molar-refractivity contribution in [2.75, 3.05) is 13.2 Å². The summed E-state index contributed by atoms with van der Waals surface area (Å²) in [6, 6.07) is 14.7. The lowest BCUT2D eigenvalue weighted by atomic mass is 10.2. The number of fused-ring (bicyclic) bond motifs is 1. The van der Waals surface area contributed by atoms with E-state index < -0.39 is 0 Å². The van der Waals surface area contributed by atoms with E-state index in [2.05, 4.69) is 4.98 Å². The summed E-state index contributed by atoms with van der Waals surface area (Å²) >= 11 is 5.39. The molecular formula is C19H18N2O3S. The van der Waals surface area contributed by atoms with Gasteiger partial charge in [0.05, 0.1) is 22.7 Å². The molecule has 1 aliphatic rings. The van der Waals surface area contributed by atoms with Gasteiger partial charge in [-0.2, -0.15) is 0 Å². The van der Waals surface area contributed by atoms with Crippen LogP contribution in [-0.2, 0) is 4.74 Å². The molecule has 1 N–H and O–H groups in total. The first-order valence-electron chi connectivity index (χ1n) is 8.31. The maximum atomic E-state index is 12.8. The van der Waals surface area contributed by atoms with Gasteiger partial charge in [0.1, 0.15) is 12.4 Å². The van der Waals surface area contributed by atoms with E-state index in [1.54, 1.807) is 6.07 Å². The van der Waals surface area contributed by atoms with E-state index >= 15 is 0 Å². The minimum absolute atomic E-state index is 0.143. The van der Waals surface area contributed by atoms with Crippen molar-refractivity contribution < 1.29 is 9.47 Å². The molecule has 1 aromatic heterocycles. The largest absolute Gasteiger partial charge is 0.491 e. The highest BCUT2D eigenvalue weighted by Crippen LogP contribution is 2.19. The molecule has 4 rings (SSSR count). The van der Waals surface area contributed by atoms with Crippen LogP contribution in [0.4, 0.5) is 0 Å². The summed E-state index contributed by atoms with van der Waals surface area (Å²) in [5.41, 5.74) is 1.28. The molecule has 0 radical (unpaired) electrons. The predicted octanol–water partition coefficient (Wildman–Crippen LogP) is 3.61. The van der Waals surface area contributed by atoms with E-state index in [1.807, 2.05) is 42.5 Å². The Morgan fingerprint density at radius 1 is 1.24 bits per heavy atom. The Kier molecular flexibility index (Phi) is 4.38. The number of para-hydroxylation sites is 1. The third-order valence-corrected chi connectivity index (χ3v) is 4.63. The second-order valence-electron chi connectivity index (χ2n) is 6.06. The number of benzene rings is 2. The van der Waals surface area contributed by atoms with E-state index in [9.17, 15) is 4.79 Å². The molecule has 0 spiro atoms. The van der Waals surface area contributed by atoms with Crippen LogP contribution in [0.25, 0.3) is 16.6 Å². The van der Waals surface area contributed by atoms with Gasteiger partial charge in [-0.1, -0.05) is 18.2 Å². The summed E-state index contributed by atoms with van der Waals surface area (Å²) in [7, 11) is 0. The number of H-pyrrole nitrogens is 1. The van der Waals surface area contributed by atoms with Crippen molar-refractivity contribution in [3.63, 3.8) is 0 Å². The number of aromatic amines is 1. The number of ether oxygens (including phenoxy) is 2. The Hall–Kier alpha value is -2.44. The molecule has 2 aromatic carbocycles. The average Bonchev–Trinajstić information content (AvgIpc) is 3.14. The standard InChI is InChI=1S/C19H18N2O3S/c22-18-16-8-1-2-9-17(16)20-19(25)21(18)13-5-3-6-14(11-13)24-12-15-7-4-10-23-15/h1-3,5-6,8-9,11,15H,4,7,10,12H2,(H,20,25)/t15-/m1/s1. The number of aromatic nitrogens is 2. The molecule has 2 heterocycles. The maximum Gasteiger partial charge on any atom is 0.266 e. The molecule has 5 nitrogen and oxygen atoms in total. The van der Waals surface area contributed by atoms with Gasteiger partial charge in [0, 0.05) is 12.7 Å². The van der Waals surface area contributed by atoms with Gasteiger partial charge in [-0.05, 0) is 49.3 Å². The monoisotopic (exact) mass is 354 g/mol. The van der Waals surface area contributed by atoms with Gasteiger partial charge < -0.3 is 14.5 Å². The summed E-state index contributed by atoms with van der Waals surface area (Å²) in [5, 5.41) is 0.599. The van der Waals surface area contributed by atoms with E-state index in [0.29, 0.717) is 28.2 Å². The first-order valence-corrected chi connectivity index (χ1v) is 8.72. The molecule has 1 saturated heterocycles. The second kappa shape index (κ2) is 6.82. The molecule has 0 aliphatic carbocycles. The lowest BCUT2D eigenvalue weighted by Crippen LogP contribution is -2.20. The Morgan fingerprint density at radius 2 is 2.12 bits per heavy atom. The number of rotatable bonds is 4. The van der Waals surface area contributed by atoms with Crippen LogP contribution in [0.1, 0.15) is 12.8 Å². The van der Waals surface area contributed by atoms with Gasteiger partial charge in [-0.25, -0.2) is 0 Å². The van der Waals surface area contributed by atoms with Gasteiger partial charge in [0.2, 0.25) is 0 Å². The van der Waals surface area contributed by atoms with Crippen LogP contribution in [0.3, 0.4) is 0 Å². The normalized spacial score (nSPS) is 17.0. The summed E-state index contributed by atoms with van der Waals surface area (Å²) in [4.78, 5) is 16.0. The van der Waals surface area contributed by atoms with Crippen LogP contribution >= 0.6 is 12.2 Å². The van der Waals surface area contributed by atoms with Crippen molar-refractivity contribution in [2.24, 2.45) is 0 Å². The predicted molar refractivity (Wildman–Crippen MR) is 99.2 cm³/mol. The van der Waals surface area contributed by atoms with Gasteiger partial charge in [-0.3, -0.25) is 9.36 Å². The Bertz CT molecular complexity index is 1020. The fraction of sp³-hybridized carbons (Fsp3) is 0.263. The zero-order valence-electron chi connectivity index (χ0n) is 13.6. The fourth-order valence-electron chi connectivity index (χ4n) is 3.07. The lowest BCUT2D eigenvalue weighted by molar-refractivity contribution is 0.0679. The molecule has 1 atom stereocenters. The van der Waals surface area contributed by atoms with Crippen LogP contribution in [0.2, 0.25) is 0 Å². The fourth-order valence-corrected chi connectivity index (χ4v) is 3.37. The molecule has 0 amide bonds. The maximum absolute atomic E-state index is 12.8. The van der Waals surface area contributed by atoms with E-state index in [-0.39, 0.29) is 11.7 Å². The minimum Gasteiger partial charge on any atom is -0.491 e. The molecule has 1 fully saturated rings. The van der Waals surface area contributed by atoms with Crippen molar-refractivity contribution in [1.82, 2.24) is 9.55 Å². The molecule has 6 heteroatoms. The van der Waals surface area contributed by atoms with E-state index in [4.69, 9.17) is 21.7 Å². The van der Waals surface area contributed by atoms with Crippen LogP contribution in [0.5, 0.6) is 5.75 Å². The Balaban J connectivity index is 1.70. The summed E-state index contributed by atoms with van der Waals surface area (Å²) < 4.78 is 13.3. The number of hydrogen-bond donors (Lipinski definition) is 1. The first-order chi connectivity index (χ1) is 12.2. The third-order valence-electron chi connectivity index (χ3n) is 4.34. The van der Waals surface area contributed by atoms with E-state index in [1.165, 1.54) is 4.57 Å². The molecule has 25 heavy (non-hydrogen) atoms. The molecule has 0 saturated carbocycles. The minimum atomic E-state index is -0.143. The van der Waals surface area contributed by atoms with E-state index in [0.717, 1.165) is 25.0 Å². The second-order valence-corrected chi connectivity index (χ2v) is 6.45. The zero-order valence-corrected chi connectivity index (χ0v) is 14.4. The molecular weight excluding hydrogens is 336 g/mol. The SMILES string of the molecule is O=c1c2ccccc2[nH]c(=S)n1-c1cccc(OC[C@H]2CCCO2)c1. The molecule has 0 bridgehead atoms. The topological polar surface area (TPSA) is 56.2 Å². The lowest BCUT2D eigenvalue weighted by Gasteiger charge is -2.13. The first kappa shape index (κ1) is 16.1. The summed E-state index contributed by atoms with van der Waals surface area (Å²) in [5.74, 6) is 0.697. The molecule has 128 valence electrons. The van der Waals surface area contributed by atoms with Crippen molar-refractivity contribution in [3.8, 4) is 11.4 Å². The highest BCUT2D eigenvalue weighted by molar-refractivity contribution is 7.71. The van der Waals surface area contributed by atoms with Crippen molar-refractivity contribution in [3.05, 3.63) is 63.7 Å². The van der Waals surface area contributed by atoms with Crippen molar-refractivity contribution >= 4 is 23.1 Å². The number of nitrogens with one attached hydrogen (secondary N) is 1. The van der Waals surface area contributed by atoms with Gasteiger partial charge in [0.25, 0.3) is 5.56 Å². The third kappa shape index (κ3) is 3.23. The van der Waals surface area contributed by atoms with Crippen LogP contribution < -0.4 is 10.3 Å². The van der Waals surface area contributed by atoms with Gasteiger partial charge in [-0.15, -0.1) is 0 Å². The highest BCUT2D eigenvalue weighted by Gasteiger charge is 2.16. The molecule has 3 aromatic rings. The zero-order chi connectivity index (χ0) is 17.2. The average molecular weight is 354 g/mol.